The smallest absolute Gasteiger partial charge is 0.341 e. The number of carbonyl (C=O) groups is 2. The first kappa shape index (κ1) is 26.5. The van der Waals surface area contributed by atoms with Gasteiger partial charge in [0.05, 0.1) is 32.8 Å². The maximum atomic E-state index is 12.9. The van der Waals surface area contributed by atoms with Gasteiger partial charge in [-0.2, -0.15) is 0 Å². The van der Waals surface area contributed by atoms with E-state index in [9.17, 15) is 9.59 Å². The van der Waals surface area contributed by atoms with Crippen molar-refractivity contribution in [2.45, 2.75) is 6.92 Å². The first-order chi connectivity index (χ1) is 18.3. The summed E-state index contributed by atoms with van der Waals surface area (Å²) in [5.74, 6) is -0.667. The molecule has 0 atom stereocenters. The van der Waals surface area contributed by atoms with E-state index in [2.05, 4.69) is 32.1 Å². The quantitative estimate of drug-likeness (QED) is 0.327. The number of likely N-dealkylation sites (N-methyl/N-ethyl adjacent to an activating group) is 1. The van der Waals surface area contributed by atoms with Crippen molar-refractivity contribution in [3.8, 4) is 0 Å². The minimum absolute atomic E-state index is 0.269. The van der Waals surface area contributed by atoms with Crippen LogP contribution < -0.4 is 10.2 Å². The van der Waals surface area contributed by atoms with Gasteiger partial charge in [0.25, 0.3) is 5.91 Å². The summed E-state index contributed by atoms with van der Waals surface area (Å²) in [4.78, 5) is 39.5. The topological polar surface area (TPSA) is 87.1 Å². The van der Waals surface area contributed by atoms with Gasteiger partial charge in [0.1, 0.15) is 11.3 Å². The number of para-hydroxylation sites is 1. The Kier molecular flexibility index (Phi) is 7.90. The fraction of sp³-hybridized carbons (Fsp3) is 0.259. The molecule has 2 saturated heterocycles. The Morgan fingerprint density at radius 2 is 1.92 bits per heavy atom. The van der Waals surface area contributed by atoms with Gasteiger partial charge in [-0.15, -0.1) is 0 Å². The standard InChI is InChI=1S/C27H25Cl2N5O3S/c1-3-37-26(36)18-15-30-21-8-7-16(13-17(21)24(18)34-11-9-33(2)10-12-34)14-22-25(35)32-27(38-22)31-23-19(28)5-4-6-20(23)29/h4-8,13-15H,3,9-12H2,1-2H3,(H,31,32,35). The maximum absolute atomic E-state index is 12.9. The van der Waals surface area contributed by atoms with Crippen LogP contribution in [0.25, 0.3) is 17.0 Å². The van der Waals surface area contributed by atoms with Gasteiger partial charge in [-0.05, 0) is 61.6 Å². The number of thioether (sulfide) groups is 1. The second kappa shape index (κ2) is 11.3. The number of fused-ring (bicyclic) bond motifs is 1. The summed E-state index contributed by atoms with van der Waals surface area (Å²) in [6, 6.07) is 10.9. The van der Waals surface area contributed by atoms with E-state index in [1.54, 1.807) is 37.4 Å². The number of ether oxygens (including phenoxy) is 1. The number of pyridine rings is 1. The van der Waals surface area contributed by atoms with Crippen molar-refractivity contribution in [2.75, 3.05) is 44.7 Å². The minimum atomic E-state index is -0.399. The summed E-state index contributed by atoms with van der Waals surface area (Å²) in [7, 11) is 2.08. The largest absolute Gasteiger partial charge is 0.462 e. The molecule has 5 rings (SSSR count). The van der Waals surface area contributed by atoms with Crippen LogP contribution in [0.5, 0.6) is 0 Å². The van der Waals surface area contributed by atoms with E-state index in [-0.39, 0.29) is 12.5 Å². The number of rotatable bonds is 5. The average molecular weight is 571 g/mol. The van der Waals surface area contributed by atoms with Crippen LogP contribution in [0.3, 0.4) is 0 Å². The lowest BCUT2D eigenvalue weighted by Crippen LogP contribution is -2.45. The molecule has 0 radical (unpaired) electrons. The number of amides is 1. The van der Waals surface area contributed by atoms with E-state index < -0.39 is 5.97 Å². The maximum Gasteiger partial charge on any atom is 0.341 e. The lowest BCUT2D eigenvalue weighted by Gasteiger charge is -2.35. The number of amidine groups is 1. The minimum Gasteiger partial charge on any atom is -0.462 e. The molecule has 196 valence electrons. The number of halogens is 2. The molecule has 1 N–H and O–H groups in total. The number of aromatic nitrogens is 1. The predicted molar refractivity (Wildman–Crippen MR) is 155 cm³/mol. The molecule has 2 aliphatic heterocycles. The van der Waals surface area contributed by atoms with Crippen LogP contribution in [0.2, 0.25) is 10.0 Å². The van der Waals surface area contributed by atoms with Gasteiger partial charge >= 0.3 is 5.97 Å². The molecule has 11 heteroatoms. The van der Waals surface area contributed by atoms with Crippen molar-refractivity contribution in [3.05, 3.63) is 68.7 Å². The average Bonchev–Trinajstić information content (AvgIpc) is 3.24. The highest BCUT2D eigenvalue weighted by Gasteiger charge is 2.26. The molecule has 2 fully saturated rings. The van der Waals surface area contributed by atoms with Crippen LogP contribution in [0.1, 0.15) is 22.8 Å². The zero-order chi connectivity index (χ0) is 26.8. The number of nitrogens with one attached hydrogen (secondary N) is 1. The van der Waals surface area contributed by atoms with Gasteiger partial charge in [-0.1, -0.05) is 35.3 Å². The van der Waals surface area contributed by atoms with Gasteiger partial charge in [0.2, 0.25) is 0 Å². The number of benzene rings is 2. The number of nitrogens with zero attached hydrogens (tertiary/aromatic N) is 4. The zero-order valence-corrected chi connectivity index (χ0v) is 23.2. The Morgan fingerprint density at radius 1 is 1.18 bits per heavy atom. The molecule has 3 heterocycles. The molecule has 0 bridgehead atoms. The monoisotopic (exact) mass is 569 g/mol. The summed E-state index contributed by atoms with van der Waals surface area (Å²) < 4.78 is 5.34. The number of carbonyl (C=O) groups excluding carboxylic acids is 2. The highest BCUT2D eigenvalue weighted by molar-refractivity contribution is 8.18. The van der Waals surface area contributed by atoms with Crippen LogP contribution >= 0.6 is 35.0 Å². The predicted octanol–water partition coefficient (Wildman–Crippen LogP) is 5.36. The van der Waals surface area contributed by atoms with Crippen molar-refractivity contribution in [3.63, 3.8) is 0 Å². The van der Waals surface area contributed by atoms with Crippen LogP contribution in [0, 0.1) is 0 Å². The Labute approximate surface area is 234 Å². The Bertz CT molecular complexity index is 1460. The molecule has 38 heavy (non-hydrogen) atoms. The fourth-order valence-electron chi connectivity index (χ4n) is 4.34. The summed E-state index contributed by atoms with van der Waals surface area (Å²) in [6.07, 6.45) is 3.38. The van der Waals surface area contributed by atoms with Crippen molar-refractivity contribution in [2.24, 2.45) is 4.99 Å². The van der Waals surface area contributed by atoms with Gasteiger partial charge in [-0.3, -0.25) is 9.78 Å². The molecule has 0 saturated carbocycles. The summed E-state index contributed by atoms with van der Waals surface area (Å²) in [5.41, 5.74) is 3.20. The molecule has 0 spiro atoms. The van der Waals surface area contributed by atoms with E-state index >= 15 is 0 Å². The highest BCUT2D eigenvalue weighted by atomic mass is 35.5. The Morgan fingerprint density at radius 3 is 2.63 bits per heavy atom. The van der Waals surface area contributed by atoms with Gasteiger partial charge in [0.15, 0.2) is 5.17 Å². The SMILES string of the molecule is CCOC(=O)c1cnc2ccc(C=C3SC(=Nc4c(Cl)cccc4Cl)NC3=O)cc2c1N1CCN(C)CC1. The lowest BCUT2D eigenvalue weighted by atomic mass is 10.0. The van der Waals surface area contributed by atoms with E-state index in [1.807, 2.05) is 18.2 Å². The molecular weight excluding hydrogens is 545 g/mol. The number of aliphatic imine (C=N–C) groups is 1. The van der Waals surface area contributed by atoms with Gasteiger partial charge < -0.3 is 19.9 Å². The molecule has 1 amide bonds. The lowest BCUT2D eigenvalue weighted by molar-refractivity contribution is -0.115. The Balaban J connectivity index is 1.53. The number of hydrogen-bond acceptors (Lipinski definition) is 8. The van der Waals surface area contributed by atoms with Gasteiger partial charge in [0, 0.05) is 37.8 Å². The number of anilines is 1. The van der Waals surface area contributed by atoms with E-state index in [4.69, 9.17) is 27.9 Å². The third-order valence-electron chi connectivity index (χ3n) is 6.28. The van der Waals surface area contributed by atoms with Crippen LogP contribution in [-0.2, 0) is 9.53 Å². The number of piperazine rings is 1. The third-order valence-corrected chi connectivity index (χ3v) is 7.80. The van der Waals surface area contributed by atoms with Crippen molar-refractivity contribution in [1.82, 2.24) is 15.2 Å². The van der Waals surface area contributed by atoms with E-state index in [0.717, 1.165) is 48.3 Å². The first-order valence-corrected chi connectivity index (χ1v) is 13.7. The summed E-state index contributed by atoms with van der Waals surface area (Å²) >= 11 is 13.7. The van der Waals surface area contributed by atoms with Crippen molar-refractivity contribution >= 4 is 80.4 Å². The molecular formula is C27H25Cl2N5O3S. The van der Waals surface area contributed by atoms with Crippen molar-refractivity contribution < 1.29 is 14.3 Å². The van der Waals surface area contributed by atoms with Gasteiger partial charge in [-0.25, -0.2) is 9.79 Å². The molecule has 0 unspecified atom stereocenters. The van der Waals surface area contributed by atoms with Crippen LogP contribution in [0.15, 0.2) is 52.5 Å². The Hall–Kier alpha value is -3.11. The number of hydrogen-bond donors (Lipinski definition) is 1. The normalized spacial score (nSPS) is 18.4. The van der Waals surface area contributed by atoms with E-state index in [0.29, 0.717) is 31.4 Å². The van der Waals surface area contributed by atoms with E-state index in [1.165, 1.54) is 11.8 Å². The molecule has 0 aliphatic carbocycles. The second-order valence-electron chi connectivity index (χ2n) is 8.86. The van der Waals surface area contributed by atoms with Crippen molar-refractivity contribution in [1.29, 1.82) is 0 Å². The second-order valence-corrected chi connectivity index (χ2v) is 10.7. The zero-order valence-electron chi connectivity index (χ0n) is 20.8. The molecule has 2 aromatic carbocycles. The van der Waals surface area contributed by atoms with Crippen LogP contribution in [0.4, 0.5) is 11.4 Å². The molecule has 3 aromatic rings. The highest BCUT2D eigenvalue weighted by Crippen LogP contribution is 2.37. The number of esters is 1. The summed E-state index contributed by atoms with van der Waals surface area (Å²) in [6.45, 7) is 5.37. The fourth-order valence-corrected chi connectivity index (χ4v) is 5.65. The first-order valence-electron chi connectivity index (χ1n) is 12.1. The molecule has 1 aromatic heterocycles. The molecule has 2 aliphatic rings. The summed E-state index contributed by atoms with van der Waals surface area (Å²) in [5, 5.41) is 4.78. The molecule has 8 nitrogen and oxygen atoms in total. The third kappa shape index (κ3) is 5.51. The van der Waals surface area contributed by atoms with Crippen LogP contribution in [-0.4, -0.2) is 66.8 Å².